The van der Waals surface area contributed by atoms with Gasteiger partial charge in [-0.1, -0.05) is 23.5 Å². The molecule has 0 spiro atoms. The predicted molar refractivity (Wildman–Crippen MR) is 70.4 cm³/mol. The predicted octanol–water partition coefficient (Wildman–Crippen LogP) is 3.67. The van der Waals surface area contributed by atoms with E-state index in [2.05, 4.69) is 4.98 Å². The topological polar surface area (TPSA) is 39.9 Å². The molecule has 0 bridgehead atoms. The Morgan fingerprint density at radius 3 is 2.75 bits per heavy atom. The quantitative estimate of drug-likeness (QED) is 0.868. The molecule has 1 heterocycles. The molecule has 104 valence electrons. The molecule has 0 aliphatic heterocycles. The van der Waals surface area contributed by atoms with Gasteiger partial charge in [-0.15, -0.1) is 0 Å². The summed E-state index contributed by atoms with van der Waals surface area (Å²) in [4.78, 5) is 4.68. The third-order valence-corrected chi connectivity index (χ3v) is 3.73. The number of nitrogens with zero attached hydrogens (tertiary/aromatic N) is 3. The van der Waals surface area contributed by atoms with Crippen LogP contribution in [0.1, 0.15) is 16.0 Å². The minimum Gasteiger partial charge on any atom is -0.347 e. The zero-order chi connectivity index (χ0) is 14.8. The summed E-state index contributed by atoms with van der Waals surface area (Å²) >= 11 is 0.602. The van der Waals surface area contributed by atoms with Crippen LogP contribution in [0.15, 0.2) is 30.5 Å². The summed E-state index contributed by atoms with van der Waals surface area (Å²) in [7, 11) is 1.66. The van der Waals surface area contributed by atoms with Crippen LogP contribution >= 0.6 is 11.3 Å². The smallest absolute Gasteiger partial charge is 0.347 e. The molecular weight excluding hydrogens is 287 g/mol. The molecule has 0 saturated heterocycles. The molecule has 0 fully saturated rings. The Bertz CT molecular complexity index is 643. The van der Waals surface area contributed by atoms with Crippen LogP contribution in [0.25, 0.3) is 0 Å². The van der Waals surface area contributed by atoms with Gasteiger partial charge in [0.05, 0.1) is 17.8 Å². The van der Waals surface area contributed by atoms with Crippen molar-refractivity contribution >= 4 is 16.5 Å². The summed E-state index contributed by atoms with van der Waals surface area (Å²) in [6.07, 6.45) is -3.53. The van der Waals surface area contributed by atoms with E-state index in [9.17, 15) is 13.2 Å². The molecule has 1 aromatic heterocycles. The minimum atomic E-state index is -4.36. The molecule has 0 atom stereocenters. The van der Waals surface area contributed by atoms with E-state index in [4.69, 9.17) is 5.26 Å². The number of nitriles is 1. The first kappa shape index (κ1) is 14.3. The van der Waals surface area contributed by atoms with Crippen molar-refractivity contribution in [1.29, 1.82) is 5.26 Å². The highest BCUT2D eigenvalue weighted by molar-refractivity contribution is 7.15. The maximum absolute atomic E-state index is 12.5. The molecule has 0 unspecified atom stereocenters. The Balaban J connectivity index is 2.14. The first-order valence-electron chi connectivity index (χ1n) is 5.63. The number of alkyl halides is 3. The summed E-state index contributed by atoms with van der Waals surface area (Å²) < 4.78 is 37.5. The van der Waals surface area contributed by atoms with E-state index in [1.165, 1.54) is 0 Å². The number of hydrogen-bond acceptors (Lipinski definition) is 4. The molecular formula is C13H10F3N3S. The molecule has 1 aromatic carbocycles. The maximum atomic E-state index is 12.5. The second-order valence-electron chi connectivity index (χ2n) is 4.17. The summed E-state index contributed by atoms with van der Waals surface area (Å²) in [6.45, 7) is 0.389. The molecule has 20 heavy (non-hydrogen) atoms. The molecule has 7 heteroatoms. The van der Waals surface area contributed by atoms with Gasteiger partial charge in [0.1, 0.15) is 4.88 Å². The molecule has 0 N–H and O–H groups in total. The third-order valence-electron chi connectivity index (χ3n) is 2.58. The Kier molecular flexibility index (Phi) is 3.95. The molecule has 0 aliphatic rings. The van der Waals surface area contributed by atoms with Crippen molar-refractivity contribution in [3.8, 4) is 6.07 Å². The van der Waals surface area contributed by atoms with Gasteiger partial charge in [-0.25, -0.2) is 4.98 Å². The van der Waals surface area contributed by atoms with Gasteiger partial charge < -0.3 is 4.90 Å². The molecule has 2 rings (SSSR count). The van der Waals surface area contributed by atoms with E-state index in [1.54, 1.807) is 30.1 Å². The first-order valence-corrected chi connectivity index (χ1v) is 6.45. The van der Waals surface area contributed by atoms with Gasteiger partial charge in [-0.3, -0.25) is 0 Å². The third kappa shape index (κ3) is 3.27. The van der Waals surface area contributed by atoms with Gasteiger partial charge in [0.2, 0.25) is 0 Å². The van der Waals surface area contributed by atoms with Crippen molar-refractivity contribution < 1.29 is 13.2 Å². The number of benzene rings is 1. The fourth-order valence-electron chi connectivity index (χ4n) is 1.65. The Labute approximate surface area is 117 Å². The monoisotopic (exact) mass is 297 g/mol. The Hall–Kier alpha value is -2.07. The second kappa shape index (κ2) is 5.51. The lowest BCUT2D eigenvalue weighted by Gasteiger charge is -2.15. The summed E-state index contributed by atoms with van der Waals surface area (Å²) in [5.41, 5.74) is 1.36. The van der Waals surface area contributed by atoms with Crippen LogP contribution in [0.2, 0.25) is 0 Å². The van der Waals surface area contributed by atoms with Crippen LogP contribution in [-0.2, 0) is 12.7 Å². The van der Waals surface area contributed by atoms with Crippen LogP contribution in [0.5, 0.6) is 0 Å². The van der Waals surface area contributed by atoms with Crippen molar-refractivity contribution in [2.45, 2.75) is 12.7 Å². The standard InChI is InChI=1S/C13H10F3N3S/c1-19(8-10-4-2-3-9(5-10)6-17)12-18-7-11(20-12)13(14,15)16/h2-5,7H,8H2,1H3. The van der Waals surface area contributed by atoms with E-state index in [0.29, 0.717) is 28.6 Å². The van der Waals surface area contributed by atoms with Crippen LogP contribution < -0.4 is 4.90 Å². The second-order valence-corrected chi connectivity index (χ2v) is 5.18. The summed E-state index contributed by atoms with van der Waals surface area (Å²) in [5.74, 6) is 0. The van der Waals surface area contributed by atoms with E-state index in [1.807, 2.05) is 12.1 Å². The van der Waals surface area contributed by atoms with Crippen molar-refractivity contribution in [2.24, 2.45) is 0 Å². The highest BCUT2D eigenvalue weighted by atomic mass is 32.1. The Morgan fingerprint density at radius 1 is 1.40 bits per heavy atom. The van der Waals surface area contributed by atoms with Gasteiger partial charge in [-0.05, 0) is 17.7 Å². The number of hydrogen-bond donors (Lipinski definition) is 0. The SMILES string of the molecule is CN(Cc1cccc(C#N)c1)c1ncc(C(F)(F)F)s1. The average molecular weight is 297 g/mol. The fraction of sp³-hybridized carbons (Fsp3) is 0.231. The molecule has 0 amide bonds. The maximum Gasteiger partial charge on any atom is 0.427 e. The molecule has 3 nitrogen and oxygen atoms in total. The zero-order valence-corrected chi connectivity index (χ0v) is 11.3. The van der Waals surface area contributed by atoms with Crippen molar-refractivity contribution in [2.75, 3.05) is 11.9 Å². The highest BCUT2D eigenvalue weighted by Crippen LogP contribution is 2.36. The number of halogens is 3. The molecule has 2 aromatic rings. The molecule has 0 aliphatic carbocycles. The van der Waals surface area contributed by atoms with Crippen LogP contribution in [0.3, 0.4) is 0 Å². The lowest BCUT2D eigenvalue weighted by atomic mass is 10.1. The fourth-order valence-corrected chi connectivity index (χ4v) is 2.40. The number of aromatic nitrogens is 1. The van der Waals surface area contributed by atoms with Gasteiger partial charge in [0.25, 0.3) is 0 Å². The zero-order valence-electron chi connectivity index (χ0n) is 10.5. The summed E-state index contributed by atoms with van der Waals surface area (Å²) in [5, 5.41) is 9.10. The Morgan fingerprint density at radius 2 is 2.15 bits per heavy atom. The van der Waals surface area contributed by atoms with Crippen LogP contribution in [-0.4, -0.2) is 12.0 Å². The lowest BCUT2D eigenvalue weighted by Crippen LogP contribution is -2.16. The van der Waals surface area contributed by atoms with Crippen LogP contribution in [0.4, 0.5) is 18.3 Å². The number of anilines is 1. The molecule has 0 radical (unpaired) electrons. The molecule has 0 saturated carbocycles. The first-order chi connectivity index (χ1) is 9.40. The van der Waals surface area contributed by atoms with Gasteiger partial charge in [0.15, 0.2) is 5.13 Å². The van der Waals surface area contributed by atoms with Gasteiger partial charge in [0, 0.05) is 13.6 Å². The van der Waals surface area contributed by atoms with Crippen molar-refractivity contribution in [3.63, 3.8) is 0 Å². The summed E-state index contributed by atoms with van der Waals surface area (Å²) in [6, 6.07) is 8.96. The van der Waals surface area contributed by atoms with Gasteiger partial charge in [-0.2, -0.15) is 18.4 Å². The largest absolute Gasteiger partial charge is 0.427 e. The minimum absolute atomic E-state index is 0.291. The van der Waals surface area contributed by atoms with E-state index in [-0.39, 0.29) is 0 Å². The van der Waals surface area contributed by atoms with E-state index >= 15 is 0 Å². The van der Waals surface area contributed by atoms with Crippen molar-refractivity contribution in [3.05, 3.63) is 46.5 Å². The normalized spacial score (nSPS) is 11.2. The van der Waals surface area contributed by atoms with Crippen molar-refractivity contribution in [1.82, 2.24) is 4.98 Å². The van der Waals surface area contributed by atoms with Crippen LogP contribution in [0, 0.1) is 11.3 Å². The average Bonchev–Trinajstić information content (AvgIpc) is 2.88. The van der Waals surface area contributed by atoms with Gasteiger partial charge >= 0.3 is 6.18 Å². The van der Waals surface area contributed by atoms with E-state index < -0.39 is 11.1 Å². The van der Waals surface area contributed by atoms with E-state index in [0.717, 1.165) is 11.8 Å². The number of rotatable bonds is 3. The number of thiazole rings is 1. The highest BCUT2D eigenvalue weighted by Gasteiger charge is 2.33. The lowest BCUT2D eigenvalue weighted by molar-refractivity contribution is -0.134.